The van der Waals surface area contributed by atoms with Gasteiger partial charge in [-0.3, -0.25) is 14.4 Å². The van der Waals surface area contributed by atoms with Crippen LogP contribution in [0.3, 0.4) is 0 Å². The third-order valence-corrected chi connectivity index (χ3v) is 6.03. The lowest BCUT2D eigenvalue weighted by molar-refractivity contribution is 0.449. The van der Waals surface area contributed by atoms with Crippen LogP contribution in [0.5, 0.6) is 5.75 Å². The van der Waals surface area contributed by atoms with Crippen molar-refractivity contribution in [2.24, 2.45) is 12.0 Å². The van der Waals surface area contributed by atoms with Crippen molar-refractivity contribution in [2.75, 3.05) is 5.32 Å². The van der Waals surface area contributed by atoms with Gasteiger partial charge in [0.15, 0.2) is 17.2 Å². The van der Waals surface area contributed by atoms with Crippen molar-refractivity contribution in [1.82, 2.24) is 24.4 Å². The second-order valence-electron chi connectivity index (χ2n) is 8.04. The zero-order valence-electron chi connectivity index (χ0n) is 18.6. The first kappa shape index (κ1) is 22.4. The fourth-order valence-electron chi connectivity index (χ4n) is 3.74. The van der Waals surface area contributed by atoms with Crippen LogP contribution in [0.4, 0.5) is 11.6 Å². The predicted octanol–water partition coefficient (Wildman–Crippen LogP) is 3.31. The van der Waals surface area contributed by atoms with E-state index >= 15 is 0 Å². The van der Waals surface area contributed by atoms with Crippen molar-refractivity contribution in [1.29, 1.82) is 10.7 Å². The molecule has 4 heterocycles. The number of hydrogen-bond donors (Lipinski definition) is 3. The monoisotopic (exact) mass is 489 g/mol. The van der Waals surface area contributed by atoms with Gasteiger partial charge in [-0.25, -0.2) is 4.98 Å². The molecule has 11 nitrogen and oxygen atoms in total. The summed E-state index contributed by atoms with van der Waals surface area (Å²) in [6, 6.07) is 3.84. The van der Waals surface area contributed by atoms with E-state index in [1.54, 1.807) is 30.2 Å². The maximum Gasteiger partial charge on any atom is 0.275 e. The number of halogens is 1. The molecule has 0 aromatic carbocycles. The van der Waals surface area contributed by atoms with Crippen LogP contribution in [0.1, 0.15) is 24.3 Å². The van der Waals surface area contributed by atoms with Crippen LogP contribution in [0.25, 0.3) is 11.2 Å². The Morgan fingerprint density at radius 2 is 2.31 bits per heavy atom. The van der Waals surface area contributed by atoms with Crippen molar-refractivity contribution < 1.29 is 4.74 Å². The molecule has 5 rings (SSSR count). The molecule has 0 radical (unpaired) electrons. The van der Waals surface area contributed by atoms with E-state index in [2.05, 4.69) is 25.6 Å². The van der Waals surface area contributed by atoms with Gasteiger partial charge in [-0.2, -0.15) is 10.2 Å². The average Bonchev–Trinajstić information content (AvgIpc) is 3.66. The number of pyridine rings is 2. The lowest BCUT2D eigenvalue weighted by Gasteiger charge is -2.13. The number of allylic oxidation sites excluding steroid dienone is 2. The predicted molar refractivity (Wildman–Crippen MR) is 132 cm³/mol. The summed E-state index contributed by atoms with van der Waals surface area (Å²) in [6.07, 6.45) is 11.1. The number of nitrogens with one attached hydrogen (secondary N) is 3. The number of fused-ring (bicyclic) bond motifs is 1. The second kappa shape index (κ2) is 9.08. The third-order valence-electron chi connectivity index (χ3n) is 5.67. The summed E-state index contributed by atoms with van der Waals surface area (Å²) in [6.45, 7) is -0.0368. The quantitative estimate of drug-likeness (QED) is 0.341. The van der Waals surface area contributed by atoms with E-state index in [0.717, 1.165) is 24.6 Å². The summed E-state index contributed by atoms with van der Waals surface area (Å²) < 4.78 is 8.92. The van der Waals surface area contributed by atoms with Crippen LogP contribution in [0.15, 0.2) is 52.1 Å². The lowest BCUT2D eigenvalue weighted by atomic mass is 10.2. The first-order valence-corrected chi connectivity index (χ1v) is 11.1. The number of nitrogens with zero attached hydrogens (tertiary/aromatic N) is 6. The molecule has 1 fully saturated rings. The number of rotatable bonds is 7. The summed E-state index contributed by atoms with van der Waals surface area (Å²) in [5.74, 6) is 1.19. The Bertz CT molecular complexity index is 1540. The van der Waals surface area contributed by atoms with Gasteiger partial charge in [-0.15, -0.1) is 0 Å². The molecule has 3 N–H and O–H groups in total. The maximum absolute atomic E-state index is 12.9. The van der Waals surface area contributed by atoms with Gasteiger partial charge in [-0.05, 0) is 30.4 Å². The molecular weight excluding hydrogens is 470 g/mol. The van der Waals surface area contributed by atoms with Crippen molar-refractivity contribution in [3.8, 4) is 11.8 Å². The number of hydrogen-bond acceptors (Lipinski definition) is 9. The van der Waals surface area contributed by atoms with Crippen LogP contribution in [-0.2, 0) is 13.6 Å². The summed E-state index contributed by atoms with van der Waals surface area (Å²) >= 11 is 6.65. The Labute approximate surface area is 204 Å². The maximum atomic E-state index is 12.9. The number of aromatic nitrogens is 4. The SMILES string of the molecule is Cn1c(Nc2cc(C3CC3)cn(CC#N)c2=O)nc2ncc(O/C(C=N)=C3\C=NC=CN3)c(Cl)c21. The smallest absolute Gasteiger partial charge is 0.275 e. The lowest BCUT2D eigenvalue weighted by Crippen LogP contribution is -2.23. The van der Waals surface area contributed by atoms with Gasteiger partial charge in [-0.1, -0.05) is 11.6 Å². The second-order valence-corrected chi connectivity index (χ2v) is 8.42. The van der Waals surface area contributed by atoms with Crippen LogP contribution in [0.2, 0.25) is 5.02 Å². The van der Waals surface area contributed by atoms with E-state index < -0.39 is 0 Å². The van der Waals surface area contributed by atoms with Crippen molar-refractivity contribution in [3.63, 3.8) is 0 Å². The Morgan fingerprint density at radius 1 is 1.49 bits per heavy atom. The molecule has 3 aromatic heterocycles. The molecule has 1 aliphatic heterocycles. The minimum absolute atomic E-state index is 0.0368. The molecule has 1 saturated carbocycles. The molecule has 1 aliphatic carbocycles. The minimum Gasteiger partial charge on any atom is -0.450 e. The number of anilines is 2. The number of nitriles is 1. The van der Waals surface area contributed by atoms with Crippen LogP contribution in [-0.4, -0.2) is 31.5 Å². The minimum atomic E-state index is -0.316. The highest BCUT2D eigenvalue weighted by Gasteiger charge is 2.26. The van der Waals surface area contributed by atoms with Gasteiger partial charge in [0.25, 0.3) is 5.56 Å². The van der Waals surface area contributed by atoms with Gasteiger partial charge < -0.3 is 25.3 Å². The van der Waals surface area contributed by atoms with Crippen LogP contribution >= 0.6 is 11.6 Å². The summed E-state index contributed by atoms with van der Waals surface area (Å²) in [4.78, 5) is 25.8. The topological polar surface area (TPSA) is 146 Å². The van der Waals surface area contributed by atoms with Crippen LogP contribution in [0, 0.1) is 16.7 Å². The molecule has 3 aromatic rings. The molecule has 176 valence electrons. The largest absolute Gasteiger partial charge is 0.450 e. The summed E-state index contributed by atoms with van der Waals surface area (Å²) in [5.41, 5.74) is 2.35. The number of ether oxygens (including phenoxy) is 1. The highest BCUT2D eigenvalue weighted by atomic mass is 35.5. The van der Waals surface area contributed by atoms with E-state index in [0.29, 0.717) is 34.4 Å². The van der Waals surface area contributed by atoms with Gasteiger partial charge in [0, 0.05) is 25.6 Å². The van der Waals surface area contributed by atoms with E-state index in [1.165, 1.54) is 17.0 Å². The zero-order chi connectivity index (χ0) is 24.5. The molecule has 0 unspecified atom stereocenters. The number of aryl methyl sites for hydroxylation is 1. The number of imidazole rings is 1. The molecule has 0 bridgehead atoms. The molecule has 0 saturated heterocycles. The fourth-order valence-corrected chi connectivity index (χ4v) is 4.04. The molecular formula is C23H20ClN9O2. The highest BCUT2D eigenvalue weighted by molar-refractivity contribution is 6.36. The Morgan fingerprint density at radius 3 is 3.00 bits per heavy atom. The Hall–Kier alpha value is -4.43. The molecule has 2 aliphatic rings. The Balaban J connectivity index is 1.51. The van der Waals surface area contributed by atoms with E-state index in [4.69, 9.17) is 27.0 Å². The molecule has 0 spiro atoms. The van der Waals surface area contributed by atoms with Crippen molar-refractivity contribution in [3.05, 3.63) is 63.3 Å². The number of aliphatic imine (C=N–C) groups is 1. The first-order chi connectivity index (χ1) is 17.0. The normalized spacial score (nSPS) is 16.0. The highest BCUT2D eigenvalue weighted by Crippen LogP contribution is 2.40. The molecule has 12 heteroatoms. The Kier molecular flexibility index (Phi) is 5.80. The van der Waals surface area contributed by atoms with Gasteiger partial charge in [0.1, 0.15) is 28.5 Å². The third kappa shape index (κ3) is 4.27. The molecule has 0 atom stereocenters. The van der Waals surface area contributed by atoms with E-state index in [9.17, 15) is 4.79 Å². The van der Waals surface area contributed by atoms with E-state index in [-0.39, 0.29) is 28.6 Å². The van der Waals surface area contributed by atoms with Gasteiger partial charge in [0.05, 0.1) is 24.7 Å². The van der Waals surface area contributed by atoms with Crippen molar-refractivity contribution in [2.45, 2.75) is 25.3 Å². The molecule has 35 heavy (non-hydrogen) atoms. The van der Waals surface area contributed by atoms with Crippen LogP contribution < -0.4 is 20.9 Å². The molecule has 0 amide bonds. The van der Waals surface area contributed by atoms with Crippen molar-refractivity contribution >= 4 is 46.8 Å². The van der Waals surface area contributed by atoms with Gasteiger partial charge >= 0.3 is 0 Å². The average molecular weight is 490 g/mol. The van der Waals surface area contributed by atoms with E-state index in [1.807, 2.05) is 12.1 Å². The summed E-state index contributed by atoms with van der Waals surface area (Å²) in [7, 11) is 1.74. The fraction of sp³-hybridized carbons (Fsp3) is 0.217. The summed E-state index contributed by atoms with van der Waals surface area (Å²) in [5, 5.41) is 23.1. The first-order valence-electron chi connectivity index (χ1n) is 10.8. The zero-order valence-corrected chi connectivity index (χ0v) is 19.4. The van der Waals surface area contributed by atoms with Gasteiger partial charge in [0.2, 0.25) is 5.95 Å². The standard InChI is InChI=1S/C23H20ClN9O2/c1-32-20-19(24)18(35-17(9-26)16-10-27-5-6-28-16)11-29-21(20)31-23(32)30-15-8-14(13-2-3-13)12-33(7-4-25)22(15)34/h5-6,8-13,26,28H,2-3,7H2,1H3,(H,29,30,31)/b17-16+,26-9?.